The SMILES string of the molecule is CCCN(CC)CC(NC(C)C)C(=O)OC. The van der Waals surface area contributed by atoms with E-state index in [4.69, 9.17) is 4.74 Å². The van der Waals surface area contributed by atoms with Gasteiger partial charge in [0, 0.05) is 12.6 Å². The van der Waals surface area contributed by atoms with Gasteiger partial charge < -0.3 is 15.0 Å². The van der Waals surface area contributed by atoms with Crippen molar-refractivity contribution in [3.05, 3.63) is 0 Å². The fraction of sp³-hybridized carbons (Fsp3) is 0.917. The lowest BCUT2D eigenvalue weighted by atomic mass is 10.2. The topological polar surface area (TPSA) is 41.6 Å². The Labute approximate surface area is 99.3 Å². The molecule has 1 unspecified atom stereocenters. The van der Waals surface area contributed by atoms with Crippen molar-refractivity contribution in [3.63, 3.8) is 0 Å². The first-order valence-electron chi connectivity index (χ1n) is 6.11. The molecule has 0 aromatic rings. The van der Waals surface area contributed by atoms with Gasteiger partial charge in [-0.15, -0.1) is 0 Å². The van der Waals surface area contributed by atoms with Crippen molar-refractivity contribution in [2.24, 2.45) is 0 Å². The van der Waals surface area contributed by atoms with Gasteiger partial charge in [0.25, 0.3) is 0 Å². The van der Waals surface area contributed by atoms with Crippen LogP contribution in [0.5, 0.6) is 0 Å². The van der Waals surface area contributed by atoms with Crippen LogP contribution >= 0.6 is 0 Å². The summed E-state index contributed by atoms with van der Waals surface area (Å²) in [4.78, 5) is 13.9. The Balaban J connectivity index is 4.32. The highest BCUT2D eigenvalue weighted by atomic mass is 16.5. The highest BCUT2D eigenvalue weighted by Crippen LogP contribution is 1.98. The Bertz CT molecular complexity index is 195. The minimum Gasteiger partial charge on any atom is -0.468 e. The summed E-state index contributed by atoms with van der Waals surface area (Å²) in [6, 6.07) is 0.0564. The van der Waals surface area contributed by atoms with Gasteiger partial charge in [-0.25, -0.2) is 0 Å². The summed E-state index contributed by atoms with van der Waals surface area (Å²) in [7, 11) is 1.44. The molecule has 0 aromatic heterocycles. The van der Waals surface area contributed by atoms with Gasteiger partial charge in [-0.1, -0.05) is 27.7 Å². The summed E-state index contributed by atoms with van der Waals surface area (Å²) in [5.41, 5.74) is 0. The molecule has 96 valence electrons. The number of nitrogens with zero attached hydrogens (tertiary/aromatic N) is 1. The van der Waals surface area contributed by atoms with Gasteiger partial charge in [0.2, 0.25) is 0 Å². The summed E-state index contributed by atoms with van der Waals surface area (Å²) in [6.45, 7) is 11.0. The molecule has 0 aliphatic carbocycles. The average Bonchev–Trinajstić information content (AvgIpc) is 2.25. The summed E-state index contributed by atoms with van der Waals surface area (Å²) in [5.74, 6) is -0.178. The van der Waals surface area contributed by atoms with E-state index in [0.29, 0.717) is 0 Å². The van der Waals surface area contributed by atoms with Gasteiger partial charge >= 0.3 is 5.97 Å². The molecule has 4 nitrogen and oxygen atoms in total. The third-order valence-electron chi connectivity index (χ3n) is 2.45. The molecule has 4 heteroatoms. The predicted molar refractivity (Wildman–Crippen MR) is 66.5 cm³/mol. The molecule has 16 heavy (non-hydrogen) atoms. The van der Waals surface area contributed by atoms with Crippen LogP contribution in [0.25, 0.3) is 0 Å². The molecule has 0 rings (SSSR count). The van der Waals surface area contributed by atoms with E-state index in [0.717, 1.165) is 26.1 Å². The van der Waals surface area contributed by atoms with Crippen molar-refractivity contribution < 1.29 is 9.53 Å². The molecule has 1 atom stereocenters. The number of ether oxygens (including phenoxy) is 1. The Morgan fingerprint density at radius 1 is 1.38 bits per heavy atom. The summed E-state index contributed by atoms with van der Waals surface area (Å²) in [5, 5.41) is 3.24. The van der Waals surface area contributed by atoms with Crippen LogP contribution in [0.3, 0.4) is 0 Å². The molecular formula is C12H26N2O2. The molecule has 1 N–H and O–H groups in total. The number of hydrogen-bond acceptors (Lipinski definition) is 4. The van der Waals surface area contributed by atoms with Gasteiger partial charge in [0.15, 0.2) is 0 Å². The highest BCUT2D eigenvalue weighted by molar-refractivity contribution is 5.75. The van der Waals surface area contributed by atoms with Crippen LogP contribution in [0, 0.1) is 0 Å². The van der Waals surface area contributed by atoms with Crippen LogP contribution in [0.2, 0.25) is 0 Å². The molecule has 0 saturated carbocycles. The molecule has 0 radical (unpaired) electrons. The van der Waals surface area contributed by atoms with Crippen molar-refractivity contribution in [1.29, 1.82) is 0 Å². The quantitative estimate of drug-likeness (QED) is 0.637. The van der Waals surface area contributed by atoms with Crippen LogP contribution in [0.4, 0.5) is 0 Å². The monoisotopic (exact) mass is 230 g/mol. The molecular weight excluding hydrogens is 204 g/mol. The number of esters is 1. The van der Waals surface area contributed by atoms with E-state index in [1.807, 2.05) is 13.8 Å². The zero-order valence-corrected chi connectivity index (χ0v) is 11.2. The Morgan fingerprint density at radius 2 is 2.00 bits per heavy atom. The second-order valence-corrected chi connectivity index (χ2v) is 4.29. The molecule has 0 fully saturated rings. The van der Waals surface area contributed by atoms with Crippen LogP contribution in [-0.4, -0.2) is 49.7 Å². The third-order valence-corrected chi connectivity index (χ3v) is 2.45. The lowest BCUT2D eigenvalue weighted by Crippen LogP contribution is -2.49. The highest BCUT2D eigenvalue weighted by Gasteiger charge is 2.21. The first-order valence-corrected chi connectivity index (χ1v) is 6.11. The smallest absolute Gasteiger partial charge is 0.324 e. The summed E-state index contributed by atoms with van der Waals surface area (Å²) >= 11 is 0. The average molecular weight is 230 g/mol. The fourth-order valence-electron chi connectivity index (χ4n) is 1.69. The minimum absolute atomic E-state index is 0.178. The summed E-state index contributed by atoms with van der Waals surface area (Å²) < 4.78 is 4.81. The van der Waals surface area contributed by atoms with Crippen molar-refractivity contribution in [1.82, 2.24) is 10.2 Å². The van der Waals surface area contributed by atoms with Crippen LogP contribution < -0.4 is 5.32 Å². The zero-order chi connectivity index (χ0) is 12.6. The second kappa shape index (κ2) is 8.53. The Hall–Kier alpha value is -0.610. The van der Waals surface area contributed by atoms with E-state index >= 15 is 0 Å². The maximum absolute atomic E-state index is 11.6. The number of hydrogen-bond donors (Lipinski definition) is 1. The number of methoxy groups -OCH3 is 1. The summed E-state index contributed by atoms with van der Waals surface area (Å²) in [6.07, 6.45) is 1.10. The molecule has 0 bridgehead atoms. The molecule has 0 aromatic carbocycles. The Morgan fingerprint density at radius 3 is 2.38 bits per heavy atom. The van der Waals surface area contributed by atoms with Gasteiger partial charge in [0.05, 0.1) is 7.11 Å². The predicted octanol–water partition coefficient (Wildman–Crippen LogP) is 1.26. The lowest BCUT2D eigenvalue weighted by Gasteiger charge is -2.26. The van der Waals surface area contributed by atoms with Crippen LogP contribution in [0.15, 0.2) is 0 Å². The molecule has 0 aliphatic heterocycles. The number of rotatable bonds is 8. The molecule has 0 saturated heterocycles. The van der Waals surface area contributed by atoms with Crippen molar-refractivity contribution in [2.45, 2.75) is 46.2 Å². The van der Waals surface area contributed by atoms with Gasteiger partial charge in [-0.05, 0) is 19.5 Å². The molecule has 0 aliphatic rings. The number of nitrogens with one attached hydrogen (secondary N) is 1. The van der Waals surface area contributed by atoms with E-state index < -0.39 is 0 Å². The number of carbonyl (C=O) groups excluding carboxylic acids is 1. The van der Waals surface area contributed by atoms with Gasteiger partial charge in [0.1, 0.15) is 6.04 Å². The first kappa shape index (κ1) is 15.4. The molecule has 0 heterocycles. The van der Waals surface area contributed by atoms with E-state index in [2.05, 4.69) is 24.1 Å². The fourth-order valence-corrected chi connectivity index (χ4v) is 1.69. The van der Waals surface area contributed by atoms with E-state index in [9.17, 15) is 4.79 Å². The Kier molecular flexibility index (Phi) is 8.21. The van der Waals surface area contributed by atoms with Crippen molar-refractivity contribution in [2.75, 3.05) is 26.7 Å². The minimum atomic E-state index is -0.225. The first-order chi connectivity index (χ1) is 7.54. The standard InChI is InChI=1S/C12H26N2O2/c1-6-8-14(7-2)9-11(12(15)16-5)13-10(3)4/h10-11,13H,6-9H2,1-5H3. The van der Waals surface area contributed by atoms with E-state index in [1.165, 1.54) is 7.11 Å². The van der Waals surface area contributed by atoms with Gasteiger partial charge in [-0.3, -0.25) is 4.79 Å². The lowest BCUT2D eigenvalue weighted by molar-refractivity contribution is -0.143. The second-order valence-electron chi connectivity index (χ2n) is 4.29. The van der Waals surface area contributed by atoms with Crippen LogP contribution in [0.1, 0.15) is 34.1 Å². The largest absolute Gasteiger partial charge is 0.468 e. The number of carbonyl (C=O) groups is 1. The van der Waals surface area contributed by atoms with Crippen molar-refractivity contribution >= 4 is 5.97 Å². The normalized spacial score (nSPS) is 13.2. The maximum Gasteiger partial charge on any atom is 0.324 e. The molecule has 0 amide bonds. The molecule has 0 spiro atoms. The maximum atomic E-state index is 11.6. The zero-order valence-electron chi connectivity index (χ0n) is 11.2. The van der Waals surface area contributed by atoms with E-state index in [-0.39, 0.29) is 18.1 Å². The van der Waals surface area contributed by atoms with E-state index in [1.54, 1.807) is 0 Å². The van der Waals surface area contributed by atoms with Gasteiger partial charge in [-0.2, -0.15) is 0 Å². The van der Waals surface area contributed by atoms with Crippen LogP contribution in [-0.2, 0) is 9.53 Å². The third kappa shape index (κ3) is 6.08. The number of likely N-dealkylation sites (N-methyl/N-ethyl adjacent to an activating group) is 1. The van der Waals surface area contributed by atoms with Crippen molar-refractivity contribution in [3.8, 4) is 0 Å².